The van der Waals surface area contributed by atoms with Crippen molar-refractivity contribution in [2.45, 2.75) is 59.4 Å². The van der Waals surface area contributed by atoms with Crippen molar-refractivity contribution in [1.29, 1.82) is 0 Å². The Hall–Kier alpha value is -1.35. The molecule has 2 rings (SSSR count). The lowest BCUT2D eigenvalue weighted by atomic mass is 9.72. The number of hydrogen-bond donors (Lipinski definition) is 1. The van der Waals surface area contributed by atoms with Crippen LogP contribution in [0, 0.1) is 13.8 Å². The molecule has 22 heavy (non-hydrogen) atoms. The summed E-state index contributed by atoms with van der Waals surface area (Å²) < 4.78 is 0.907. The summed E-state index contributed by atoms with van der Waals surface area (Å²) in [6.45, 7) is 13.9. The summed E-state index contributed by atoms with van der Waals surface area (Å²) in [6.07, 6.45) is 3.19. The quantitative estimate of drug-likeness (QED) is 0.790. The van der Waals surface area contributed by atoms with E-state index in [-0.39, 0.29) is 11.4 Å². The van der Waals surface area contributed by atoms with Crippen LogP contribution in [0.4, 0.5) is 5.69 Å². The Morgan fingerprint density at radius 1 is 1.09 bits per heavy atom. The molecule has 122 valence electrons. The maximum atomic E-state index is 13.2. The van der Waals surface area contributed by atoms with Gasteiger partial charge in [0.1, 0.15) is 0 Å². The van der Waals surface area contributed by atoms with E-state index >= 15 is 0 Å². The highest BCUT2D eigenvalue weighted by molar-refractivity contribution is 5.99. The maximum absolute atomic E-state index is 13.2. The Balaban J connectivity index is 2.34. The molecule has 0 atom stereocenters. The van der Waals surface area contributed by atoms with Gasteiger partial charge in [0.2, 0.25) is 0 Å². The second-order valence-electron chi connectivity index (χ2n) is 6.70. The van der Waals surface area contributed by atoms with Gasteiger partial charge in [-0.2, -0.15) is 0 Å². The third-order valence-electron chi connectivity index (χ3n) is 6.05. The molecule has 0 aliphatic heterocycles. The van der Waals surface area contributed by atoms with E-state index in [2.05, 4.69) is 52.1 Å². The average molecular weight is 303 g/mol. The number of para-hydroxylation sites is 1. The standard InChI is InChI=1S/C19H30N2O/c1-6-21(7-2,8-3)19(13-10-14-19)18(22)20-17-15(4)11-9-12-16(17)5/h9,11-12H,6-8,10,13-14H2,1-5H3/p+1. The topological polar surface area (TPSA) is 29.1 Å². The van der Waals surface area contributed by atoms with Crippen molar-refractivity contribution in [2.24, 2.45) is 0 Å². The predicted molar refractivity (Wildman–Crippen MR) is 93.0 cm³/mol. The van der Waals surface area contributed by atoms with Crippen LogP contribution in [-0.2, 0) is 4.79 Å². The third kappa shape index (κ3) is 2.45. The van der Waals surface area contributed by atoms with Crippen molar-refractivity contribution in [1.82, 2.24) is 0 Å². The van der Waals surface area contributed by atoms with Crippen LogP contribution in [0.3, 0.4) is 0 Å². The molecule has 0 spiro atoms. The van der Waals surface area contributed by atoms with Gasteiger partial charge in [-0.3, -0.25) is 4.79 Å². The van der Waals surface area contributed by atoms with Gasteiger partial charge in [0, 0.05) is 18.5 Å². The number of quaternary nitrogens is 1. The zero-order valence-corrected chi connectivity index (χ0v) is 14.8. The van der Waals surface area contributed by atoms with E-state index in [1.807, 2.05) is 6.07 Å². The predicted octanol–water partition coefficient (Wildman–Crippen LogP) is 4.04. The molecule has 1 aromatic rings. The number of amides is 1. The molecule has 0 heterocycles. The monoisotopic (exact) mass is 303 g/mol. The van der Waals surface area contributed by atoms with Crippen molar-refractivity contribution in [3.63, 3.8) is 0 Å². The number of rotatable bonds is 6. The van der Waals surface area contributed by atoms with E-state index in [0.29, 0.717) is 0 Å². The van der Waals surface area contributed by atoms with Crippen LogP contribution in [0.2, 0.25) is 0 Å². The summed E-state index contributed by atoms with van der Waals surface area (Å²) in [5.41, 5.74) is 3.06. The first kappa shape index (κ1) is 17.0. The number of carbonyl (C=O) groups excluding carboxylic acids is 1. The number of nitrogens with one attached hydrogen (secondary N) is 1. The fourth-order valence-electron chi connectivity index (χ4n) is 4.25. The fourth-order valence-corrected chi connectivity index (χ4v) is 4.25. The molecule has 1 fully saturated rings. The lowest BCUT2D eigenvalue weighted by Gasteiger charge is -2.55. The van der Waals surface area contributed by atoms with Gasteiger partial charge in [-0.05, 0) is 52.2 Å². The van der Waals surface area contributed by atoms with E-state index < -0.39 is 0 Å². The second kappa shape index (κ2) is 6.41. The van der Waals surface area contributed by atoms with Crippen molar-refractivity contribution in [3.05, 3.63) is 29.3 Å². The molecule has 0 radical (unpaired) electrons. The Bertz CT molecular complexity index is 514. The highest BCUT2D eigenvalue weighted by Crippen LogP contribution is 2.44. The van der Waals surface area contributed by atoms with Gasteiger partial charge < -0.3 is 9.80 Å². The maximum Gasteiger partial charge on any atom is 0.285 e. The van der Waals surface area contributed by atoms with Gasteiger partial charge in [0.15, 0.2) is 5.54 Å². The van der Waals surface area contributed by atoms with Crippen LogP contribution in [-0.4, -0.2) is 35.6 Å². The summed E-state index contributed by atoms with van der Waals surface area (Å²) in [7, 11) is 0. The van der Waals surface area contributed by atoms with Gasteiger partial charge in [-0.1, -0.05) is 18.2 Å². The van der Waals surface area contributed by atoms with Crippen molar-refractivity contribution >= 4 is 11.6 Å². The number of likely N-dealkylation sites (N-methyl/N-ethyl adjacent to an activating group) is 1. The number of benzene rings is 1. The minimum atomic E-state index is -0.229. The molecule has 3 heteroatoms. The molecule has 0 unspecified atom stereocenters. The lowest BCUT2D eigenvalue weighted by molar-refractivity contribution is -0.967. The smallest absolute Gasteiger partial charge is 0.285 e. The Kier molecular flexibility index (Phi) is 4.96. The molecule has 1 N–H and O–H groups in total. The van der Waals surface area contributed by atoms with Crippen molar-refractivity contribution in [3.8, 4) is 0 Å². The highest BCUT2D eigenvalue weighted by atomic mass is 16.2. The summed E-state index contributed by atoms with van der Waals surface area (Å²) in [4.78, 5) is 13.2. The van der Waals surface area contributed by atoms with E-state index in [1.54, 1.807) is 0 Å². The highest BCUT2D eigenvalue weighted by Gasteiger charge is 2.58. The molecule has 0 aromatic heterocycles. The summed E-state index contributed by atoms with van der Waals surface area (Å²) in [5.74, 6) is 0.224. The summed E-state index contributed by atoms with van der Waals surface area (Å²) in [5, 5.41) is 3.27. The van der Waals surface area contributed by atoms with Crippen LogP contribution in [0.5, 0.6) is 0 Å². The molecule has 1 amide bonds. The third-order valence-corrected chi connectivity index (χ3v) is 6.05. The number of carbonyl (C=O) groups is 1. The van der Waals surface area contributed by atoms with Gasteiger partial charge >= 0.3 is 0 Å². The zero-order chi connectivity index (χ0) is 16.4. The molecule has 1 saturated carbocycles. The Morgan fingerprint density at radius 2 is 1.59 bits per heavy atom. The Morgan fingerprint density at radius 3 is 1.95 bits per heavy atom. The van der Waals surface area contributed by atoms with E-state index in [4.69, 9.17) is 0 Å². The van der Waals surface area contributed by atoms with Gasteiger partial charge in [-0.15, -0.1) is 0 Å². The molecular weight excluding hydrogens is 272 g/mol. The first-order valence-electron chi connectivity index (χ1n) is 8.70. The summed E-state index contributed by atoms with van der Waals surface area (Å²) in [6, 6.07) is 6.18. The average Bonchev–Trinajstić information content (AvgIpc) is 2.46. The minimum absolute atomic E-state index is 0.224. The van der Waals surface area contributed by atoms with Crippen LogP contribution in [0.1, 0.15) is 51.2 Å². The van der Waals surface area contributed by atoms with Crippen LogP contribution in [0.15, 0.2) is 18.2 Å². The van der Waals surface area contributed by atoms with E-state index in [1.165, 1.54) is 6.42 Å². The number of anilines is 1. The van der Waals surface area contributed by atoms with Crippen molar-refractivity contribution in [2.75, 3.05) is 25.0 Å². The van der Waals surface area contributed by atoms with E-state index in [9.17, 15) is 4.79 Å². The number of nitrogens with zero attached hydrogens (tertiary/aromatic N) is 1. The minimum Gasteiger partial charge on any atom is -0.320 e. The molecule has 1 aromatic carbocycles. The largest absolute Gasteiger partial charge is 0.320 e. The molecule has 1 aliphatic rings. The second-order valence-corrected chi connectivity index (χ2v) is 6.70. The SMILES string of the molecule is CC[N+](CC)(CC)C1(C(=O)Nc2c(C)cccc2C)CCC1. The summed E-state index contributed by atoms with van der Waals surface area (Å²) >= 11 is 0. The molecular formula is C19H31N2O+. The number of aryl methyl sites for hydroxylation is 2. The first-order chi connectivity index (χ1) is 10.5. The van der Waals surface area contributed by atoms with Gasteiger partial charge in [0.25, 0.3) is 5.91 Å². The van der Waals surface area contributed by atoms with Crippen molar-refractivity contribution < 1.29 is 9.28 Å². The van der Waals surface area contributed by atoms with Crippen LogP contribution < -0.4 is 5.32 Å². The molecule has 0 saturated heterocycles. The Labute approximate surface area is 135 Å². The zero-order valence-electron chi connectivity index (χ0n) is 14.8. The van der Waals surface area contributed by atoms with Gasteiger partial charge in [-0.25, -0.2) is 0 Å². The molecule has 0 bridgehead atoms. The fraction of sp³-hybridized carbons (Fsp3) is 0.632. The lowest BCUT2D eigenvalue weighted by Crippen LogP contribution is -2.72. The first-order valence-corrected chi connectivity index (χ1v) is 8.70. The van der Waals surface area contributed by atoms with Gasteiger partial charge in [0.05, 0.1) is 19.6 Å². The number of hydrogen-bond acceptors (Lipinski definition) is 1. The van der Waals surface area contributed by atoms with Crippen LogP contribution >= 0.6 is 0 Å². The normalized spacial score (nSPS) is 17.0. The molecule has 1 aliphatic carbocycles. The van der Waals surface area contributed by atoms with E-state index in [0.717, 1.165) is 53.8 Å². The van der Waals surface area contributed by atoms with Crippen LogP contribution in [0.25, 0.3) is 0 Å². The molecule has 3 nitrogen and oxygen atoms in total.